The Morgan fingerprint density at radius 2 is 1.82 bits per heavy atom. The number of aliphatic hydroxyl groups is 2. The van der Waals surface area contributed by atoms with Gasteiger partial charge >= 0.3 is 6.01 Å². The number of rotatable bonds is 10. The third-order valence-electron chi connectivity index (χ3n) is 4.64. The first-order valence-corrected chi connectivity index (χ1v) is 10.8. The number of aromatic nitrogens is 4. The topological polar surface area (TPSA) is 153 Å². The Hall–Kier alpha value is -3.57. The predicted molar refractivity (Wildman–Crippen MR) is 122 cm³/mol. The summed E-state index contributed by atoms with van der Waals surface area (Å²) >= 11 is 0. The summed E-state index contributed by atoms with van der Waals surface area (Å²) in [4.78, 5) is 24.2. The van der Waals surface area contributed by atoms with Gasteiger partial charge in [0, 0.05) is 17.8 Å². The summed E-state index contributed by atoms with van der Waals surface area (Å²) in [6.07, 6.45) is -0.991. The lowest BCUT2D eigenvalue weighted by Gasteiger charge is -2.16. The summed E-state index contributed by atoms with van der Waals surface area (Å²) in [5.41, 5.74) is 3.55. The maximum Gasteiger partial charge on any atom is 0.317 e. The number of benzene rings is 1. The number of hydrogen-bond acceptors (Lipinski definition) is 10. The molecule has 0 spiro atoms. The molecule has 11 heteroatoms. The smallest absolute Gasteiger partial charge is 0.317 e. The fraction of sp³-hybridized carbons (Fsp3) is 0.435. The summed E-state index contributed by atoms with van der Waals surface area (Å²) in [5, 5.41) is 25.2. The zero-order chi connectivity index (χ0) is 24.8. The number of nitrogens with one attached hydrogen (secondary N) is 1. The maximum atomic E-state index is 11.1. The summed E-state index contributed by atoms with van der Waals surface area (Å²) in [6, 6.07) is 5.70. The van der Waals surface area contributed by atoms with Crippen LogP contribution in [0.5, 0.6) is 11.8 Å². The van der Waals surface area contributed by atoms with Gasteiger partial charge in [0.05, 0.1) is 6.10 Å². The van der Waals surface area contributed by atoms with E-state index < -0.39 is 18.6 Å². The largest absolute Gasteiger partial charge is 0.490 e. The standard InChI is InChI=1S/C23H29N5O6/c1-12(2)33-23-25-15(5)8-18(26-23)22-27-21(28-34-22)16-6-13(3)20(14(4)7-16)32-11-17(30)9-24-19(31)10-29/h6-8,12,17,29-30H,9-11H2,1-5H3,(H,24,31)/t17-/m0/s1. The van der Waals surface area contributed by atoms with Gasteiger partial charge in [-0.2, -0.15) is 9.97 Å². The molecule has 1 atom stereocenters. The normalized spacial score (nSPS) is 12.0. The van der Waals surface area contributed by atoms with E-state index in [1.165, 1.54) is 0 Å². The second-order valence-corrected chi connectivity index (χ2v) is 8.13. The van der Waals surface area contributed by atoms with Crippen LogP contribution in [0.15, 0.2) is 22.7 Å². The van der Waals surface area contributed by atoms with Crippen molar-refractivity contribution in [2.24, 2.45) is 0 Å². The average Bonchev–Trinajstić information content (AvgIpc) is 3.26. The van der Waals surface area contributed by atoms with Crippen molar-refractivity contribution in [3.63, 3.8) is 0 Å². The van der Waals surface area contributed by atoms with Crippen LogP contribution in [0.4, 0.5) is 0 Å². The monoisotopic (exact) mass is 471 g/mol. The summed E-state index contributed by atoms with van der Waals surface area (Å²) < 4.78 is 16.8. The number of nitrogens with zero attached hydrogens (tertiary/aromatic N) is 4. The molecule has 2 heterocycles. The lowest BCUT2D eigenvalue weighted by atomic mass is 10.1. The molecule has 34 heavy (non-hydrogen) atoms. The van der Waals surface area contributed by atoms with Crippen molar-refractivity contribution in [3.8, 4) is 34.7 Å². The number of amides is 1. The minimum atomic E-state index is -0.922. The fourth-order valence-corrected chi connectivity index (χ4v) is 3.19. The Balaban J connectivity index is 1.75. The number of carbonyl (C=O) groups is 1. The first-order valence-electron chi connectivity index (χ1n) is 10.8. The van der Waals surface area contributed by atoms with Gasteiger partial charge in [0.15, 0.2) is 0 Å². The number of aryl methyl sites for hydroxylation is 3. The van der Waals surface area contributed by atoms with Gasteiger partial charge in [-0.1, -0.05) is 5.16 Å². The molecule has 3 rings (SSSR count). The minimum absolute atomic E-state index is 0.0202. The molecular formula is C23H29N5O6. The van der Waals surface area contributed by atoms with Crippen LogP contribution in [-0.4, -0.2) is 68.2 Å². The highest BCUT2D eigenvalue weighted by atomic mass is 16.5. The van der Waals surface area contributed by atoms with E-state index in [0.717, 1.165) is 16.7 Å². The number of ether oxygens (including phenoxy) is 2. The molecule has 0 bridgehead atoms. The summed E-state index contributed by atoms with van der Waals surface area (Å²) in [5.74, 6) is 0.692. The van der Waals surface area contributed by atoms with Crippen LogP contribution in [0.1, 0.15) is 30.7 Å². The van der Waals surface area contributed by atoms with E-state index in [9.17, 15) is 9.90 Å². The Bertz CT molecular complexity index is 1120. The lowest BCUT2D eigenvalue weighted by Crippen LogP contribution is -2.36. The van der Waals surface area contributed by atoms with Crippen LogP contribution in [0.25, 0.3) is 23.0 Å². The number of aliphatic hydroxyl groups excluding tert-OH is 2. The van der Waals surface area contributed by atoms with Gasteiger partial charge in [-0.15, -0.1) is 0 Å². The van der Waals surface area contributed by atoms with Gasteiger partial charge in [-0.25, -0.2) is 4.98 Å². The van der Waals surface area contributed by atoms with Crippen molar-refractivity contribution in [1.29, 1.82) is 0 Å². The van der Waals surface area contributed by atoms with E-state index in [0.29, 0.717) is 23.0 Å². The van der Waals surface area contributed by atoms with Crippen LogP contribution in [0, 0.1) is 20.8 Å². The highest BCUT2D eigenvalue weighted by Gasteiger charge is 2.17. The van der Waals surface area contributed by atoms with Crippen molar-refractivity contribution >= 4 is 5.91 Å². The fourth-order valence-electron chi connectivity index (χ4n) is 3.19. The molecule has 0 saturated carbocycles. The van der Waals surface area contributed by atoms with Crippen LogP contribution in [0.2, 0.25) is 0 Å². The molecule has 0 unspecified atom stereocenters. The van der Waals surface area contributed by atoms with Gasteiger partial charge in [0.1, 0.15) is 30.8 Å². The van der Waals surface area contributed by atoms with Gasteiger partial charge in [0.2, 0.25) is 11.7 Å². The Morgan fingerprint density at radius 3 is 2.47 bits per heavy atom. The SMILES string of the molecule is Cc1cc(-c2nc(-c3cc(C)c(OC[C@@H](O)CNC(=O)CO)c(C)c3)no2)nc(OC(C)C)n1. The van der Waals surface area contributed by atoms with Crippen molar-refractivity contribution < 1.29 is 29.0 Å². The predicted octanol–water partition coefficient (Wildman–Crippen LogP) is 1.75. The first-order chi connectivity index (χ1) is 16.2. The lowest BCUT2D eigenvalue weighted by molar-refractivity contribution is -0.124. The van der Waals surface area contributed by atoms with Crippen LogP contribution >= 0.6 is 0 Å². The molecule has 0 aliphatic carbocycles. The van der Waals surface area contributed by atoms with E-state index in [4.69, 9.17) is 19.1 Å². The number of hydrogen-bond donors (Lipinski definition) is 3. The van der Waals surface area contributed by atoms with E-state index >= 15 is 0 Å². The molecule has 0 saturated heterocycles. The zero-order valence-electron chi connectivity index (χ0n) is 19.8. The minimum Gasteiger partial charge on any atom is -0.490 e. The van der Waals surface area contributed by atoms with E-state index in [1.807, 2.05) is 46.8 Å². The molecule has 3 N–H and O–H groups in total. The molecule has 0 aliphatic rings. The van der Waals surface area contributed by atoms with Crippen molar-refractivity contribution in [1.82, 2.24) is 25.4 Å². The Kier molecular flexibility index (Phi) is 8.13. The highest BCUT2D eigenvalue weighted by Crippen LogP contribution is 2.30. The maximum absolute atomic E-state index is 11.1. The van der Waals surface area contributed by atoms with Crippen molar-refractivity contribution in [2.45, 2.75) is 46.8 Å². The van der Waals surface area contributed by atoms with Crippen LogP contribution < -0.4 is 14.8 Å². The second-order valence-electron chi connectivity index (χ2n) is 8.13. The quantitative estimate of drug-likeness (QED) is 0.398. The van der Waals surface area contributed by atoms with Gasteiger partial charge < -0.3 is 29.5 Å². The van der Waals surface area contributed by atoms with Crippen LogP contribution in [-0.2, 0) is 4.79 Å². The Morgan fingerprint density at radius 1 is 1.12 bits per heavy atom. The third kappa shape index (κ3) is 6.49. The second kappa shape index (κ2) is 11.0. The third-order valence-corrected chi connectivity index (χ3v) is 4.64. The first kappa shape index (κ1) is 25.1. The van der Waals surface area contributed by atoms with Gasteiger partial charge in [-0.05, 0) is 63.9 Å². The summed E-state index contributed by atoms with van der Waals surface area (Å²) in [6.45, 7) is 8.69. The molecule has 182 valence electrons. The molecule has 11 nitrogen and oxygen atoms in total. The molecular weight excluding hydrogens is 442 g/mol. The molecule has 1 aromatic carbocycles. The molecule has 3 aromatic rings. The van der Waals surface area contributed by atoms with Gasteiger partial charge in [0.25, 0.3) is 5.89 Å². The van der Waals surface area contributed by atoms with Crippen molar-refractivity contribution in [3.05, 3.63) is 35.0 Å². The van der Waals surface area contributed by atoms with Gasteiger partial charge in [-0.3, -0.25) is 4.79 Å². The Labute approximate surface area is 197 Å². The molecule has 1 amide bonds. The van der Waals surface area contributed by atoms with Crippen LogP contribution in [0.3, 0.4) is 0 Å². The van der Waals surface area contributed by atoms with E-state index in [-0.39, 0.29) is 31.2 Å². The van der Waals surface area contributed by atoms with E-state index in [2.05, 4.69) is 25.4 Å². The van der Waals surface area contributed by atoms with E-state index in [1.54, 1.807) is 6.07 Å². The molecule has 2 aromatic heterocycles. The number of carbonyl (C=O) groups excluding carboxylic acids is 1. The molecule has 0 aliphatic heterocycles. The summed E-state index contributed by atoms with van der Waals surface area (Å²) in [7, 11) is 0. The van der Waals surface area contributed by atoms with Crippen molar-refractivity contribution in [2.75, 3.05) is 19.8 Å². The zero-order valence-corrected chi connectivity index (χ0v) is 19.8. The highest BCUT2D eigenvalue weighted by molar-refractivity contribution is 5.76. The molecule has 0 fully saturated rings. The average molecular weight is 472 g/mol. The molecule has 0 radical (unpaired) electrons.